The van der Waals surface area contributed by atoms with E-state index in [-0.39, 0.29) is 0 Å². The number of hydrogen-bond donors (Lipinski definition) is 0. The first-order valence-electron chi connectivity index (χ1n) is 7.77. The van der Waals surface area contributed by atoms with Gasteiger partial charge in [0, 0.05) is 31.2 Å². The van der Waals surface area contributed by atoms with Gasteiger partial charge in [-0.3, -0.25) is 0 Å². The van der Waals surface area contributed by atoms with E-state index >= 15 is 0 Å². The van der Waals surface area contributed by atoms with Crippen molar-refractivity contribution in [3.8, 4) is 0 Å². The van der Waals surface area contributed by atoms with Crippen LogP contribution in [0, 0.1) is 0 Å². The van der Waals surface area contributed by atoms with Gasteiger partial charge in [-0.05, 0) is 39.8 Å². The first kappa shape index (κ1) is 20.0. The molecule has 0 heterocycles. The Hall–Kier alpha value is 0.0138. The summed E-state index contributed by atoms with van der Waals surface area (Å²) in [5.41, 5.74) is 0. The summed E-state index contributed by atoms with van der Waals surface area (Å²) < 4.78 is 24.3. The van der Waals surface area contributed by atoms with Crippen LogP contribution in [0.25, 0.3) is 0 Å². The molecule has 0 aliphatic heterocycles. The lowest BCUT2D eigenvalue weighted by molar-refractivity contribution is 0.175. The maximum Gasteiger partial charge on any atom is 0.368 e. The van der Waals surface area contributed by atoms with E-state index in [1.807, 2.05) is 27.7 Å². The van der Waals surface area contributed by atoms with Crippen molar-refractivity contribution < 1.29 is 17.7 Å². The molecule has 0 spiro atoms. The molecule has 0 aromatic rings. The highest BCUT2D eigenvalue weighted by molar-refractivity contribution is 6.97. The zero-order valence-corrected chi connectivity index (χ0v) is 16.1. The van der Waals surface area contributed by atoms with Gasteiger partial charge in [-0.25, -0.2) is 0 Å². The minimum atomic E-state index is -2.49. The van der Waals surface area contributed by atoms with Crippen LogP contribution in [0.3, 0.4) is 0 Å². The third-order valence-electron chi connectivity index (χ3n) is 3.36. The van der Waals surface area contributed by atoms with Crippen molar-refractivity contribution in [3.05, 3.63) is 11.4 Å². The standard InChI is InChI=1S/C14H32O4Si2/c1-8-15-19(12-5,16-9-2)14(7)20(13-6,17-10-3)18-11-4/h7-13H2,1-6H3. The Morgan fingerprint density at radius 1 is 0.650 bits per heavy atom. The Balaban J connectivity index is 5.53. The molecule has 6 heteroatoms. The fourth-order valence-electron chi connectivity index (χ4n) is 2.49. The van der Waals surface area contributed by atoms with Crippen LogP contribution in [-0.4, -0.2) is 43.5 Å². The van der Waals surface area contributed by atoms with Crippen LogP contribution >= 0.6 is 0 Å². The van der Waals surface area contributed by atoms with E-state index in [1.54, 1.807) is 0 Å². The molecule has 0 aliphatic carbocycles. The zero-order chi connectivity index (χ0) is 15.6. The van der Waals surface area contributed by atoms with Crippen LogP contribution in [0.5, 0.6) is 0 Å². The summed E-state index contributed by atoms with van der Waals surface area (Å²) in [6.07, 6.45) is 0. The smallest absolute Gasteiger partial charge is 0.368 e. The lowest BCUT2D eigenvalue weighted by Gasteiger charge is -2.39. The monoisotopic (exact) mass is 320 g/mol. The Bertz CT molecular complexity index is 246. The first-order chi connectivity index (χ1) is 9.52. The van der Waals surface area contributed by atoms with Gasteiger partial charge in [-0.15, -0.1) is 0 Å². The number of hydrogen-bond acceptors (Lipinski definition) is 4. The highest BCUT2D eigenvalue weighted by atomic mass is 28.4. The minimum Gasteiger partial charge on any atom is -0.392 e. The molecule has 0 bridgehead atoms. The predicted octanol–water partition coefficient (Wildman–Crippen LogP) is 3.69. The third kappa shape index (κ3) is 4.51. The molecule has 0 atom stereocenters. The summed E-state index contributed by atoms with van der Waals surface area (Å²) in [4.78, 5) is 0.988. The molecule has 0 saturated heterocycles. The maximum absolute atomic E-state index is 6.07. The molecule has 0 fully saturated rings. The maximum atomic E-state index is 6.07. The van der Waals surface area contributed by atoms with Crippen LogP contribution in [0.2, 0.25) is 12.1 Å². The van der Waals surface area contributed by atoms with Gasteiger partial charge in [0.25, 0.3) is 0 Å². The molecule has 0 rings (SSSR count). The van der Waals surface area contributed by atoms with E-state index in [1.165, 1.54) is 0 Å². The van der Waals surface area contributed by atoms with Gasteiger partial charge in [0.05, 0.1) is 0 Å². The Morgan fingerprint density at radius 2 is 0.900 bits per heavy atom. The van der Waals surface area contributed by atoms with Crippen molar-refractivity contribution >= 4 is 17.1 Å². The summed E-state index contributed by atoms with van der Waals surface area (Å²) in [6.45, 7) is 19.1. The fourth-order valence-corrected chi connectivity index (χ4v) is 11.1. The van der Waals surface area contributed by atoms with E-state index in [2.05, 4.69) is 20.4 Å². The lowest BCUT2D eigenvalue weighted by atomic mass is 10.9. The van der Waals surface area contributed by atoms with Gasteiger partial charge in [-0.2, -0.15) is 0 Å². The second kappa shape index (κ2) is 9.86. The predicted molar refractivity (Wildman–Crippen MR) is 88.1 cm³/mol. The summed E-state index contributed by atoms with van der Waals surface area (Å²) >= 11 is 0. The summed E-state index contributed by atoms with van der Waals surface area (Å²) in [7, 11) is -4.97. The van der Waals surface area contributed by atoms with Gasteiger partial charge in [-0.1, -0.05) is 20.4 Å². The van der Waals surface area contributed by atoms with Crippen LogP contribution in [0.15, 0.2) is 11.4 Å². The topological polar surface area (TPSA) is 36.9 Å². The molecule has 0 aromatic heterocycles. The van der Waals surface area contributed by atoms with E-state index < -0.39 is 17.1 Å². The van der Waals surface area contributed by atoms with Crippen molar-refractivity contribution in [2.75, 3.05) is 26.4 Å². The van der Waals surface area contributed by atoms with Gasteiger partial charge < -0.3 is 17.7 Å². The van der Waals surface area contributed by atoms with E-state index in [0.717, 1.165) is 16.9 Å². The Kier molecular flexibility index (Phi) is 9.87. The largest absolute Gasteiger partial charge is 0.392 e. The van der Waals surface area contributed by atoms with Gasteiger partial charge in [0.15, 0.2) is 0 Å². The summed E-state index contributed by atoms with van der Waals surface area (Å²) in [5, 5.41) is 0. The molecule has 4 nitrogen and oxygen atoms in total. The highest BCUT2D eigenvalue weighted by Crippen LogP contribution is 2.33. The normalized spacial score (nSPS) is 12.7. The molecule has 0 aromatic carbocycles. The van der Waals surface area contributed by atoms with E-state index in [0.29, 0.717) is 26.4 Å². The third-order valence-corrected chi connectivity index (χ3v) is 12.4. The van der Waals surface area contributed by atoms with Crippen molar-refractivity contribution in [1.29, 1.82) is 0 Å². The highest BCUT2D eigenvalue weighted by Gasteiger charge is 2.53. The van der Waals surface area contributed by atoms with Crippen molar-refractivity contribution in [1.82, 2.24) is 0 Å². The quantitative estimate of drug-likeness (QED) is 0.514. The van der Waals surface area contributed by atoms with Gasteiger partial charge in [0.1, 0.15) is 0 Å². The van der Waals surface area contributed by atoms with E-state index in [4.69, 9.17) is 17.7 Å². The molecule has 0 aliphatic rings. The SMILES string of the molecule is C=C([Si](CC)(OCC)OCC)[Si](CC)(OCC)OCC. The fraction of sp³-hybridized carbons (Fsp3) is 0.857. The van der Waals surface area contributed by atoms with Crippen molar-refractivity contribution in [2.24, 2.45) is 0 Å². The van der Waals surface area contributed by atoms with Crippen molar-refractivity contribution in [3.63, 3.8) is 0 Å². The van der Waals surface area contributed by atoms with Gasteiger partial charge >= 0.3 is 17.1 Å². The molecule has 0 saturated carbocycles. The van der Waals surface area contributed by atoms with E-state index in [9.17, 15) is 0 Å². The van der Waals surface area contributed by atoms with Crippen LogP contribution in [0.1, 0.15) is 41.5 Å². The Labute approximate surface area is 127 Å². The summed E-state index contributed by atoms with van der Waals surface area (Å²) in [5.74, 6) is 0. The van der Waals surface area contributed by atoms with Crippen LogP contribution in [0.4, 0.5) is 0 Å². The van der Waals surface area contributed by atoms with Crippen LogP contribution in [-0.2, 0) is 17.7 Å². The second-order valence-corrected chi connectivity index (χ2v) is 11.7. The molecule has 20 heavy (non-hydrogen) atoms. The molecule has 0 radical (unpaired) electrons. The molecule has 0 amide bonds. The lowest BCUT2D eigenvalue weighted by Crippen LogP contribution is -2.57. The molecular weight excluding hydrogens is 288 g/mol. The molecule has 120 valence electrons. The molecule has 0 N–H and O–H groups in total. The molecule has 0 unspecified atom stereocenters. The second-order valence-electron chi connectivity index (χ2n) is 4.42. The van der Waals surface area contributed by atoms with Crippen molar-refractivity contribution in [2.45, 2.75) is 53.6 Å². The molecular formula is C14H32O4Si2. The zero-order valence-electron chi connectivity index (χ0n) is 14.1. The summed E-state index contributed by atoms with van der Waals surface area (Å²) in [6, 6.07) is 1.67. The first-order valence-corrected chi connectivity index (χ1v) is 11.8. The van der Waals surface area contributed by atoms with Gasteiger partial charge in [0.2, 0.25) is 0 Å². The minimum absolute atomic E-state index is 0.630. The van der Waals surface area contributed by atoms with Crippen LogP contribution < -0.4 is 0 Å². The Morgan fingerprint density at radius 3 is 1.05 bits per heavy atom. The average Bonchev–Trinajstić information content (AvgIpc) is 2.45. The average molecular weight is 321 g/mol. The number of rotatable bonds is 12.